The van der Waals surface area contributed by atoms with Crippen LogP contribution in [0, 0.1) is 11.8 Å². The third-order valence-corrected chi connectivity index (χ3v) is 5.68. The monoisotopic (exact) mass is 306 g/mol. The summed E-state index contributed by atoms with van der Waals surface area (Å²) in [5.41, 5.74) is 7.64. The number of hydrogen-bond donors (Lipinski definition) is 1. The predicted octanol–water partition coefficient (Wildman–Crippen LogP) is 4.24. The smallest absolute Gasteiger partial charge is 0.0496 e. The van der Waals surface area contributed by atoms with Gasteiger partial charge in [0.25, 0.3) is 0 Å². The fourth-order valence-electron chi connectivity index (χ4n) is 4.39. The van der Waals surface area contributed by atoms with Crippen molar-refractivity contribution in [1.29, 1.82) is 0 Å². The molecule has 1 aromatic carbocycles. The molecule has 0 spiro atoms. The Bertz CT molecular complexity index is 457. The van der Waals surface area contributed by atoms with Crippen molar-refractivity contribution >= 4 is 11.6 Å². The molecule has 2 nitrogen and oxygen atoms in total. The number of halogens is 1. The van der Waals surface area contributed by atoms with Crippen LogP contribution in [0.25, 0.3) is 0 Å². The lowest BCUT2D eigenvalue weighted by molar-refractivity contribution is 0.0494. The maximum absolute atomic E-state index is 6.33. The predicted molar refractivity (Wildman–Crippen MR) is 89.5 cm³/mol. The molecule has 1 saturated carbocycles. The van der Waals surface area contributed by atoms with Crippen LogP contribution in [0.15, 0.2) is 24.3 Å². The lowest BCUT2D eigenvalue weighted by atomic mass is 9.74. The van der Waals surface area contributed by atoms with E-state index >= 15 is 0 Å². The Morgan fingerprint density at radius 3 is 2.43 bits per heavy atom. The molecule has 3 rings (SSSR count). The van der Waals surface area contributed by atoms with Crippen molar-refractivity contribution in [3.63, 3.8) is 0 Å². The molecule has 2 aliphatic rings. The summed E-state index contributed by atoms with van der Waals surface area (Å²) in [7, 11) is 0. The molecule has 4 unspecified atom stereocenters. The number of rotatable bonds is 3. The number of benzene rings is 1. The normalized spacial score (nSPS) is 29.7. The summed E-state index contributed by atoms with van der Waals surface area (Å²) < 4.78 is 0. The first-order chi connectivity index (χ1) is 10.1. The Morgan fingerprint density at radius 2 is 1.76 bits per heavy atom. The average Bonchev–Trinajstić information content (AvgIpc) is 2.49. The maximum atomic E-state index is 6.33. The largest absolute Gasteiger partial charge is 0.326 e. The van der Waals surface area contributed by atoms with E-state index < -0.39 is 0 Å². The first kappa shape index (κ1) is 15.3. The van der Waals surface area contributed by atoms with Gasteiger partial charge in [-0.2, -0.15) is 0 Å². The van der Waals surface area contributed by atoms with Crippen LogP contribution in [0.2, 0.25) is 5.02 Å². The molecule has 1 aliphatic heterocycles. The van der Waals surface area contributed by atoms with Crippen molar-refractivity contribution in [3.8, 4) is 0 Å². The average molecular weight is 307 g/mol. The Labute approximate surface area is 133 Å². The molecule has 3 heteroatoms. The maximum Gasteiger partial charge on any atom is 0.0496 e. The van der Waals surface area contributed by atoms with Gasteiger partial charge < -0.3 is 5.73 Å². The van der Waals surface area contributed by atoms with Crippen molar-refractivity contribution in [2.24, 2.45) is 17.6 Å². The van der Waals surface area contributed by atoms with Crippen LogP contribution in [0.4, 0.5) is 0 Å². The Hall–Kier alpha value is -0.570. The van der Waals surface area contributed by atoms with Crippen molar-refractivity contribution in [1.82, 2.24) is 4.90 Å². The quantitative estimate of drug-likeness (QED) is 0.905. The highest BCUT2D eigenvalue weighted by Crippen LogP contribution is 2.39. The van der Waals surface area contributed by atoms with Crippen LogP contribution >= 0.6 is 11.6 Å². The topological polar surface area (TPSA) is 29.3 Å². The lowest BCUT2D eigenvalue weighted by Crippen LogP contribution is -2.47. The summed E-state index contributed by atoms with van der Waals surface area (Å²) in [4.78, 5) is 2.63. The zero-order chi connectivity index (χ0) is 14.8. The van der Waals surface area contributed by atoms with Gasteiger partial charge in [0.1, 0.15) is 0 Å². The molecule has 2 fully saturated rings. The van der Waals surface area contributed by atoms with Gasteiger partial charge in [-0.3, -0.25) is 4.90 Å². The fraction of sp³-hybridized carbons (Fsp3) is 0.667. The van der Waals surface area contributed by atoms with Gasteiger partial charge in [-0.05, 0) is 55.8 Å². The molecule has 21 heavy (non-hydrogen) atoms. The highest BCUT2D eigenvalue weighted by Gasteiger charge is 2.35. The highest BCUT2D eigenvalue weighted by atomic mass is 35.5. The molecule has 4 atom stereocenters. The van der Waals surface area contributed by atoms with E-state index in [1.807, 2.05) is 12.1 Å². The second-order valence-corrected chi connectivity index (χ2v) is 7.38. The van der Waals surface area contributed by atoms with E-state index in [1.165, 1.54) is 50.8 Å². The molecule has 2 N–H and O–H groups in total. The minimum Gasteiger partial charge on any atom is -0.326 e. The second kappa shape index (κ2) is 6.68. The number of nitrogens with zero attached hydrogens (tertiary/aromatic N) is 1. The highest BCUT2D eigenvalue weighted by molar-refractivity contribution is 6.30. The van der Waals surface area contributed by atoms with Crippen LogP contribution < -0.4 is 5.73 Å². The first-order valence-corrected chi connectivity index (χ1v) is 8.78. The van der Waals surface area contributed by atoms with Crippen molar-refractivity contribution < 1.29 is 0 Å². The summed E-state index contributed by atoms with van der Waals surface area (Å²) in [6.45, 7) is 4.54. The van der Waals surface area contributed by atoms with E-state index in [9.17, 15) is 0 Å². The standard InChI is InChI=1S/C18H27ClN2/c1-13(20)18(15-6-8-17(19)9-7-15)21-11-10-14-4-2-3-5-16(14)12-21/h6-9,13-14,16,18H,2-5,10-12,20H2,1H3. The van der Waals surface area contributed by atoms with Crippen LogP contribution in [0.5, 0.6) is 0 Å². The number of hydrogen-bond acceptors (Lipinski definition) is 2. The van der Waals surface area contributed by atoms with Crippen molar-refractivity contribution in [2.45, 2.75) is 51.1 Å². The second-order valence-electron chi connectivity index (χ2n) is 6.94. The molecule has 0 radical (unpaired) electrons. The number of fused-ring (bicyclic) bond motifs is 1. The third-order valence-electron chi connectivity index (χ3n) is 5.43. The minimum absolute atomic E-state index is 0.145. The molecule has 1 heterocycles. The van der Waals surface area contributed by atoms with Gasteiger partial charge in [0, 0.05) is 23.7 Å². The van der Waals surface area contributed by atoms with Crippen LogP contribution in [-0.2, 0) is 0 Å². The Kier molecular flexibility index (Phi) is 4.88. The lowest BCUT2D eigenvalue weighted by Gasteiger charge is -2.45. The van der Waals surface area contributed by atoms with Crippen molar-refractivity contribution in [2.75, 3.05) is 13.1 Å². The van der Waals surface area contributed by atoms with Crippen LogP contribution in [0.1, 0.15) is 50.6 Å². The van der Waals surface area contributed by atoms with E-state index in [2.05, 4.69) is 24.0 Å². The summed E-state index contributed by atoms with van der Waals surface area (Å²) in [6, 6.07) is 8.72. The molecule has 1 aliphatic carbocycles. The fourth-order valence-corrected chi connectivity index (χ4v) is 4.51. The molecular weight excluding hydrogens is 280 g/mol. The van der Waals surface area contributed by atoms with Crippen LogP contribution in [0.3, 0.4) is 0 Å². The van der Waals surface area contributed by atoms with E-state index in [0.29, 0.717) is 6.04 Å². The Morgan fingerprint density at radius 1 is 1.10 bits per heavy atom. The van der Waals surface area contributed by atoms with E-state index in [4.69, 9.17) is 17.3 Å². The molecule has 0 amide bonds. The third kappa shape index (κ3) is 3.44. The molecule has 116 valence electrons. The first-order valence-electron chi connectivity index (χ1n) is 8.40. The summed E-state index contributed by atoms with van der Waals surface area (Å²) in [5, 5.41) is 0.799. The molecular formula is C18H27ClN2. The van der Waals surface area contributed by atoms with Gasteiger partial charge in [-0.25, -0.2) is 0 Å². The van der Waals surface area contributed by atoms with E-state index in [1.54, 1.807) is 0 Å². The van der Waals surface area contributed by atoms with Gasteiger partial charge in [-0.15, -0.1) is 0 Å². The number of nitrogens with two attached hydrogens (primary N) is 1. The van der Waals surface area contributed by atoms with E-state index in [0.717, 1.165) is 16.9 Å². The minimum atomic E-state index is 0.145. The summed E-state index contributed by atoms with van der Waals surface area (Å²) >= 11 is 6.03. The van der Waals surface area contributed by atoms with Gasteiger partial charge in [0.05, 0.1) is 0 Å². The Balaban J connectivity index is 1.76. The molecule has 0 bridgehead atoms. The van der Waals surface area contributed by atoms with Gasteiger partial charge in [0.2, 0.25) is 0 Å². The molecule has 1 aromatic rings. The number of piperidine rings is 1. The van der Waals surface area contributed by atoms with Gasteiger partial charge in [0.15, 0.2) is 0 Å². The SMILES string of the molecule is CC(N)C(c1ccc(Cl)cc1)N1CCC2CCCCC2C1. The number of likely N-dealkylation sites (tertiary alicyclic amines) is 1. The van der Waals surface area contributed by atoms with Crippen LogP contribution in [-0.4, -0.2) is 24.0 Å². The summed E-state index contributed by atoms with van der Waals surface area (Å²) in [5.74, 6) is 1.86. The van der Waals surface area contributed by atoms with Crippen molar-refractivity contribution in [3.05, 3.63) is 34.9 Å². The van der Waals surface area contributed by atoms with Gasteiger partial charge >= 0.3 is 0 Å². The van der Waals surface area contributed by atoms with E-state index in [-0.39, 0.29) is 6.04 Å². The zero-order valence-electron chi connectivity index (χ0n) is 13.0. The zero-order valence-corrected chi connectivity index (χ0v) is 13.7. The summed E-state index contributed by atoms with van der Waals surface area (Å²) in [6.07, 6.45) is 7.06. The van der Waals surface area contributed by atoms with Gasteiger partial charge in [-0.1, -0.05) is 43.0 Å². The molecule has 1 saturated heterocycles. The molecule has 0 aromatic heterocycles.